The van der Waals surface area contributed by atoms with E-state index in [4.69, 9.17) is 16.0 Å². The van der Waals surface area contributed by atoms with Gasteiger partial charge in [-0.25, -0.2) is 4.98 Å². The van der Waals surface area contributed by atoms with Gasteiger partial charge in [-0.1, -0.05) is 29.4 Å². The number of halogens is 1. The molecule has 3 heterocycles. The van der Waals surface area contributed by atoms with Gasteiger partial charge in [-0.05, 0) is 48.2 Å². The molecule has 0 spiro atoms. The van der Waals surface area contributed by atoms with Crippen molar-refractivity contribution in [3.63, 3.8) is 0 Å². The molecule has 8 heteroatoms. The number of thioether (sulfide) groups is 1. The van der Waals surface area contributed by atoms with E-state index in [1.165, 1.54) is 23.1 Å². The molecule has 0 amide bonds. The summed E-state index contributed by atoms with van der Waals surface area (Å²) in [7, 11) is 0. The fourth-order valence-corrected chi connectivity index (χ4v) is 4.74. The van der Waals surface area contributed by atoms with Crippen LogP contribution in [0.25, 0.3) is 10.9 Å². The number of nitrogens with zero attached hydrogens (tertiary/aromatic N) is 2. The first-order chi connectivity index (χ1) is 14.1. The SMILES string of the molecule is O=C(CCCSc1nc2cc(Cl)ccc2c(=O)n1Cc1ccco1)c1cccs1. The van der Waals surface area contributed by atoms with Crippen LogP contribution in [0.1, 0.15) is 28.3 Å². The Morgan fingerprint density at radius 1 is 1.24 bits per heavy atom. The number of benzene rings is 1. The van der Waals surface area contributed by atoms with Gasteiger partial charge in [-0.2, -0.15) is 0 Å². The molecule has 29 heavy (non-hydrogen) atoms. The lowest BCUT2D eigenvalue weighted by atomic mass is 10.2. The van der Waals surface area contributed by atoms with Crippen LogP contribution in [-0.2, 0) is 6.54 Å². The number of hydrogen-bond acceptors (Lipinski definition) is 6. The third-order valence-corrected chi connectivity index (χ3v) is 6.56. The molecule has 148 valence electrons. The summed E-state index contributed by atoms with van der Waals surface area (Å²) in [6.07, 6.45) is 2.75. The zero-order chi connectivity index (χ0) is 20.2. The van der Waals surface area contributed by atoms with E-state index in [0.29, 0.717) is 52.0 Å². The van der Waals surface area contributed by atoms with Crippen LogP contribution in [-0.4, -0.2) is 21.1 Å². The zero-order valence-electron chi connectivity index (χ0n) is 15.3. The van der Waals surface area contributed by atoms with E-state index < -0.39 is 0 Å². The first kappa shape index (κ1) is 19.9. The van der Waals surface area contributed by atoms with Gasteiger partial charge in [-0.3, -0.25) is 14.2 Å². The molecule has 0 bridgehead atoms. The van der Waals surface area contributed by atoms with Gasteiger partial charge < -0.3 is 4.42 Å². The minimum absolute atomic E-state index is 0.139. The molecular weight excluding hydrogens is 428 g/mol. The molecule has 0 fully saturated rings. The van der Waals surface area contributed by atoms with Crippen molar-refractivity contribution in [2.24, 2.45) is 0 Å². The highest BCUT2D eigenvalue weighted by molar-refractivity contribution is 7.99. The van der Waals surface area contributed by atoms with Gasteiger partial charge in [0.15, 0.2) is 10.9 Å². The van der Waals surface area contributed by atoms with Gasteiger partial charge in [0.05, 0.1) is 28.6 Å². The normalized spacial score (nSPS) is 11.2. The van der Waals surface area contributed by atoms with Crippen LogP contribution in [0.15, 0.2) is 68.5 Å². The van der Waals surface area contributed by atoms with Crippen LogP contribution < -0.4 is 5.56 Å². The van der Waals surface area contributed by atoms with Crippen molar-refractivity contribution in [1.82, 2.24) is 9.55 Å². The number of fused-ring (bicyclic) bond motifs is 1. The first-order valence-corrected chi connectivity index (χ1v) is 11.3. The van der Waals surface area contributed by atoms with E-state index in [0.717, 1.165) is 4.88 Å². The van der Waals surface area contributed by atoms with Gasteiger partial charge in [0.2, 0.25) is 0 Å². The lowest BCUT2D eigenvalue weighted by molar-refractivity contribution is 0.0986. The smallest absolute Gasteiger partial charge is 0.262 e. The predicted octanol–water partition coefficient (Wildman–Crippen LogP) is 5.51. The van der Waals surface area contributed by atoms with E-state index in [2.05, 4.69) is 4.98 Å². The van der Waals surface area contributed by atoms with Crippen LogP contribution in [0.5, 0.6) is 0 Å². The van der Waals surface area contributed by atoms with Crippen molar-refractivity contribution in [3.8, 4) is 0 Å². The Hall–Kier alpha value is -2.35. The van der Waals surface area contributed by atoms with Crippen molar-refractivity contribution in [2.75, 3.05) is 5.75 Å². The molecule has 0 atom stereocenters. The number of thiophene rings is 1. The summed E-state index contributed by atoms with van der Waals surface area (Å²) in [5.41, 5.74) is 0.426. The number of carbonyl (C=O) groups excluding carboxylic acids is 1. The number of rotatable bonds is 8. The van der Waals surface area contributed by atoms with E-state index in [1.807, 2.05) is 23.6 Å². The number of carbonyl (C=O) groups is 1. The monoisotopic (exact) mass is 444 g/mol. The lowest BCUT2D eigenvalue weighted by Gasteiger charge is -2.12. The Kier molecular flexibility index (Phi) is 6.18. The van der Waals surface area contributed by atoms with Gasteiger partial charge in [0.1, 0.15) is 5.76 Å². The molecule has 0 unspecified atom stereocenters. The molecule has 0 aliphatic heterocycles. The Morgan fingerprint density at radius 2 is 2.14 bits per heavy atom. The van der Waals surface area contributed by atoms with Crippen molar-refractivity contribution < 1.29 is 9.21 Å². The molecule has 0 radical (unpaired) electrons. The first-order valence-electron chi connectivity index (χ1n) is 9.04. The average Bonchev–Trinajstić information content (AvgIpc) is 3.41. The topological polar surface area (TPSA) is 65.1 Å². The van der Waals surface area contributed by atoms with Crippen LogP contribution in [0.2, 0.25) is 5.02 Å². The highest BCUT2D eigenvalue weighted by Gasteiger charge is 2.14. The predicted molar refractivity (Wildman–Crippen MR) is 117 cm³/mol. The Labute approximate surface area is 180 Å². The van der Waals surface area contributed by atoms with Gasteiger partial charge in [0, 0.05) is 17.2 Å². The molecule has 0 saturated heterocycles. The fraction of sp³-hybridized carbons (Fsp3) is 0.190. The quantitative estimate of drug-likeness (QED) is 0.155. The Bertz CT molecular complexity index is 1180. The van der Waals surface area contributed by atoms with E-state index in [-0.39, 0.29) is 11.3 Å². The van der Waals surface area contributed by atoms with Crippen LogP contribution in [0, 0.1) is 0 Å². The minimum atomic E-state index is -0.139. The van der Waals surface area contributed by atoms with Crippen molar-refractivity contribution in [2.45, 2.75) is 24.5 Å². The van der Waals surface area contributed by atoms with Gasteiger partial charge >= 0.3 is 0 Å². The second kappa shape index (κ2) is 8.98. The van der Waals surface area contributed by atoms with Crippen LogP contribution in [0.4, 0.5) is 0 Å². The van der Waals surface area contributed by atoms with Gasteiger partial charge in [-0.15, -0.1) is 11.3 Å². The standard InChI is InChI=1S/C21H17ClN2O3S2/c22-14-7-8-16-17(12-14)23-21(24(20(16)26)13-15-4-1-9-27-15)29-11-2-5-18(25)19-6-3-10-28-19/h1,3-4,6-10,12H,2,5,11,13H2. The molecule has 3 aromatic heterocycles. The maximum Gasteiger partial charge on any atom is 0.262 e. The summed E-state index contributed by atoms with van der Waals surface area (Å²) in [6, 6.07) is 12.4. The van der Waals surface area contributed by atoms with Crippen molar-refractivity contribution >= 4 is 51.4 Å². The van der Waals surface area contributed by atoms with Gasteiger partial charge in [0.25, 0.3) is 5.56 Å². The van der Waals surface area contributed by atoms with E-state index >= 15 is 0 Å². The van der Waals surface area contributed by atoms with E-state index in [1.54, 1.807) is 35.1 Å². The molecular formula is C21H17ClN2O3S2. The molecule has 0 aliphatic carbocycles. The van der Waals surface area contributed by atoms with E-state index in [9.17, 15) is 9.59 Å². The average molecular weight is 445 g/mol. The second-order valence-electron chi connectivity index (χ2n) is 6.38. The lowest BCUT2D eigenvalue weighted by Crippen LogP contribution is -2.24. The second-order valence-corrected chi connectivity index (χ2v) is 8.83. The number of furan rings is 1. The summed E-state index contributed by atoms with van der Waals surface area (Å²) in [4.78, 5) is 30.7. The maximum atomic E-state index is 13.1. The Balaban J connectivity index is 1.56. The fourth-order valence-electron chi connectivity index (χ4n) is 2.94. The summed E-state index contributed by atoms with van der Waals surface area (Å²) in [5, 5.41) is 3.54. The summed E-state index contributed by atoms with van der Waals surface area (Å²) in [5.74, 6) is 1.50. The molecule has 4 aromatic rings. The van der Waals surface area contributed by atoms with Crippen LogP contribution >= 0.6 is 34.7 Å². The number of hydrogen-bond donors (Lipinski definition) is 0. The van der Waals surface area contributed by atoms with Crippen molar-refractivity contribution in [1.29, 1.82) is 0 Å². The molecule has 0 aliphatic rings. The minimum Gasteiger partial charge on any atom is -0.467 e. The maximum absolute atomic E-state index is 13.1. The number of Topliss-reactive ketones (excluding diaryl/α,β-unsaturated/α-hetero) is 1. The van der Waals surface area contributed by atoms with Crippen molar-refractivity contribution in [3.05, 3.63) is 80.1 Å². The summed E-state index contributed by atoms with van der Waals surface area (Å²) in [6.45, 7) is 0.299. The molecule has 0 saturated carbocycles. The molecule has 5 nitrogen and oxygen atoms in total. The number of aromatic nitrogens is 2. The third kappa shape index (κ3) is 4.63. The summed E-state index contributed by atoms with van der Waals surface area (Å²) < 4.78 is 7.03. The number of ketones is 1. The molecule has 1 aromatic carbocycles. The largest absolute Gasteiger partial charge is 0.467 e. The zero-order valence-corrected chi connectivity index (χ0v) is 17.7. The highest BCUT2D eigenvalue weighted by Crippen LogP contribution is 2.23. The molecule has 0 N–H and O–H groups in total. The molecule has 4 rings (SSSR count). The Morgan fingerprint density at radius 3 is 2.90 bits per heavy atom. The highest BCUT2D eigenvalue weighted by atomic mass is 35.5. The van der Waals surface area contributed by atoms with Crippen LogP contribution in [0.3, 0.4) is 0 Å². The third-order valence-electron chi connectivity index (χ3n) is 4.35. The summed E-state index contributed by atoms with van der Waals surface area (Å²) >= 11 is 9.00.